The van der Waals surface area contributed by atoms with Crippen molar-refractivity contribution in [2.24, 2.45) is 5.92 Å². The maximum absolute atomic E-state index is 10.7. The van der Waals surface area contributed by atoms with Crippen LogP contribution >= 0.6 is 0 Å². The second-order valence-electron chi connectivity index (χ2n) is 5.62. The van der Waals surface area contributed by atoms with E-state index in [1.807, 2.05) is 0 Å². The van der Waals surface area contributed by atoms with E-state index in [-0.39, 0.29) is 13.0 Å². The molecule has 1 fully saturated rings. The molecule has 1 heterocycles. The lowest BCUT2D eigenvalue weighted by molar-refractivity contribution is -0.137. The van der Waals surface area contributed by atoms with Gasteiger partial charge in [0.2, 0.25) is 0 Å². The molecule has 1 aliphatic heterocycles. The van der Waals surface area contributed by atoms with Gasteiger partial charge in [-0.15, -0.1) is 0 Å². The smallest absolute Gasteiger partial charge is 0.303 e. The molecule has 19 heavy (non-hydrogen) atoms. The molecule has 0 aromatic carbocycles. The van der Waals surface area contributed by atoms with E-state index in [1.165, 1.54) is 0 Å². The molecule has 0 amide bonds. The minimum absolute atomic E-state index is 0.152. The third-order valence-electron chi connectivity index (χ3n) is 4.09. The van der Waals surface area contributed by atoms with Crippen molar-refractivity contribution in [3.05, 3.63) is 0 Å². The van der Waals surface area contributed by atoms with Gasteiger partial charge in [-0.2, -0.15) is 0 Å². The Morgan fingerprint density at radius 1 is 1.47 bits per heavy atom. The van der Waals surface area contributed by atoms with Crippen molar-refractivity contribution < 1.29 is 15.0 Å². The summed E-state index contributed by atoms with van der Waals surface area (Å²) in [5.41, 5.74) is 0. The summed E-state index contributed by atoms with van der Waals surface area (Å²) < 4.78 is 0. The zero-order chi connectivity index (χ0) is 14.3. The predicted octanol–water partition coefficient (Wildman–Crippen LogP) is 0.922. The third kappa shape index (κ3) is 5.89. The van der Waals surface area contributed by atoms with Crippen molar-refractivity contribution in [3.8, 4) is 0 Å². The average molecular weight is 272 g/mol. The Balaban J connectivity index is 2.52. The van der Waals surface area contributed by atoms with Crippen LogP contribution in [0.5, 0.6) is 0 Å². The molecule has 0 aromatic rings. The van der Waals surface area contributed by atoms with Gasteiger partial charge in [0.15, 0.2) is 0 Å². The lowest BCUT2D eigenvalue weighted by Crippen LogP contribution is -2.52. The van der Waals surface area contributed by atoms with Crippen molar-refractivity contribution in [2.45, 2.75) is 51.6 Å². The molecule has 0 aromatic heterocycles. The van der Waals surface area contributed by atoms with E-state index in [1.54, 1.807) is 0 Å². The molecule has 1 rings (SSSR count). The van der Waals surface area contributed by atoms with Gasteiger partial charge in [-0.1, -0.05) is 6.92 Å². The summed E-state index contributed by atoms with van der Waals surface area (Å²) >= 11 is 0. The fourth-order valence-electron chi connectivity index (χ4n) is 2.81. The zero-order valence-corrected chi connectivity index (χ0v) is 12.1. The van der Waals surface area contributed by atoms with Crippen LogP contribution in [0, 0.1) is 5.92 Å². The number of aliphatic hydroxyl groups is 1. The SMILES string of the molecule is CCC(C)N1CC(CCC(=O)O)CC(NCCO)C1. The maximum atomic E-state index is 10.7. The minimum Gasteiger partial charge on any atom is -0.481 e. The summed E-state index contributed by atoms with van der Waals surface area (Å²) in [7, 11) is 0. The van der Waals surface area contributed by atoms with Crippen LogP contribution < -0.4 is 5.32 Å². The average Bonchev–Trinajstić information content (AvgIpc) is 2.41. The van der Waals surface area contributed by atoms with E-state index in [2.05, 4.69) is 24.1 Å². The van der Waals surface area contributed by atoms with Gasteiger partial charge in [0.1, 0.15) is 0 Å². The Labute approximate surface area is 116 Å². The Hall–Kier alpha value is -0.650. The van der Waals surface area contributed by atoms with E-state index in [0.717, 1.165) is 32.4 Å². The number of carboxylic acid groups (broad SMARTS) is 1. The molecule has 3 atom stereocenters. The lowest BCUT2D eigenvalue weighted by atomic mass is 9.89. The van der Waals surface area contributed by atoms with E-state index in [9.17, 15) is 4.79 Å². The van der Waals surface area contributed by atoms with Crippen molar-refractivity contribution in [3.63, 3.8) is 0 Å². The fourth-order valence-corrected chi connectivity index (χ4v) is 2.81. The topological polar surface area (TPSA) is 72.8 Å². The number of aliphatic hydroxyl groups excluding tert-OH is 1. The molecule has 5 heteroatoms. The number of aliphatic carboxylic acids is 1. The van der Waals surface area contributed by atoms with E-state index in [0.29, 0.717) is 24.5 Å². The highest BCUT2D eigenvalue weighted by atomic mass is 16.4. The number of hydrogen-bond acceptors (Lipinski definition) is 4. The molecule has 1 saturated heterocycles. The second kappa shape index (κ2) is 8.51. The lowest BCUT2D eigenvalue weighted by Gasteiger charge is -2.41. The first-order valence-electron chi connectivity index (χ1n) is 7.36. The first-order valence-corrected chi connectivity index (χ1v) is 7.36. The summed E-state index contributed by atoms with van der Waals surface area (Å²) in [6.45, 7) is 7.17. The van der Waals surface area contributed by atoms with Crippen LogP contribution in [-0.2, 0) is 4.79 Å². The van der Waals surface area contributed by atoms with Gasteiger partial charge >= 0.3 is 5.97 Å². The van der Waals surface area contributed by atoms with Crippen molar-refractivity contribution >= 4 is 5.97 Å². The highest BCUT2D eigenvalue weighted by Crippen LogP contribution is 2.23. The number of likely N-dealkylation sites (tertiary alicyclic amines) is 1. The number of hydrogen-bond donors (Lipinski definition) is 3. The molecule has 3 unspecified atom stereocenters. The fraction of sp³-hybridized carbons (Fsp3) is 0.929. The van der Waals surface area contributed by atoms with Crippen LogP contribution in [-0.4, -0.2) is 59.4 Å². The quantitative estimate of drug-likeness (QED) is 0.613. The predicted molar refractivity (Wildman–Crippen MR) is 75.2 cm³/mol. The van der Waals surface area contributed by atoms with Gasteiger partial charge in [-0.25, -0.2) is 0 Å². The number of nitrogens with one attached hydrogen (secondary N) is 1. The van der Waals surface area contributed by atoms with E-state index < -0.39 is 5.97 Å². The summed E-state index contributed by atoms with van der Waals surface area (Å²) in [5.74, 6) is -0.268. The molecule has 0 bridgehead atoms. The zero-order valence-electron chi connectivity index (χ0n) is 12.1. The normalized spacial score (nSPS) is 26.3. The highest BCUT2D eigenvalue weighted by Gasteiger charge is 2.29. The summed E-state index contributed by atoms with van der Waals surface area (Å²) in [6.07, 6.45) is 3.13. The van der Waals surface area contributed by atoms with Gasteiger partial charge in [-0.3, -0.25) is 9.69 Å². The number of piperidine rings is 1. The van der Waals surface area contributed by atoms with Crippen molar-refractivity contribution in [1.82, 2.24) is 10.2 Å². The highest BCUT2D eigenvalue weighted by molar-refractivity contribution is 5.66. The second-order valence-corrected chi connectivity index (χ2v) is 5.62. The molecular formula is C14H28N2O3. The monoisotopic (exact) mass is 272 g/mol. The largest absolute Gasteiger partial charge is 0.481 e. The first-order chi connectivity index (χ1) is 9.06. The Morgan fingerprint density at radius 2 is 2.21 bits per heavy atom. The van der Waals surface area contributed by atoms with Crippen LogP contribution in [0.25, 0.3) is 0 Å². The molecule has 0 radical (unpaired) electrons. The third-order valence-corrected chi connectivity index (χ3v) is 4.09. The number of nitrogens with zero attached hydrogens (tertiary/aromatic N) is 1. The molecule has 3 N–H and O–H groups in total. The number of carboxylic acids is 1. The van der Waals surface area contributed by atoms with Crippen LogP contribution in [0.4, 0.5) is 0 Å². The van der Waals surface area contributed by atoms with Crippen molar-refractivity contribution in [1.29, 1.82) is 0 Å². The van der Waals surface area contributed by atoms with E-state index >= 15 is 0 Å². The van der Waals surface area contributed by atoms with Gasteiger partial charge in [0.25, 0.3) is 0 Å². The molecular weight excluding hydrogens is 244 g/mol. The van der Waals surface area contributed by atoms with Gasteiger partial charge in [0.05, 0.1) is 6.61 Å². The standard InChI is InChI=1S/C14H28N2O3/c1-3-11(2)16-9-12(4-5-14(18)19)8-13(10-16)15-6-7-17/h11-13,15,17H,3-10H2,1-2H3,(H,18,19). The van der Waals surface area contributed by atoms with Crippen molar-refractivity contribution in [2.75, 3.05) is 26.2 Å². The summed E-state index contributed by atoms with van der Waals surface area (Å²) in [5, 5.41) is 21.1. The Bertz CT molecular complexity index is 273. The van der Waals surface area contributed by atoms with Gasteiger partial charge in [0, 0.05) is 38.1 Å². The molecule has 0 spiro atoms. The Kier molecular flexibility index (Phi) is 7.34. The molecule has 0 aliphatic carbocycles. The molecule has 5 nitrogen and oxygen atoms in total. The van der Waals surface area contributed by atoms with Gasteiger partial charge < -0.3 is 15.5 Å². The molecule has 0 saturated carbocycles. The first kappa shape index (κ1) is 16.4. The van der Waals surface area contributed by atoms with Crippen LogP contribution in [0.2, 0.25) is 0 Å². The van der Waals surface area contributed by atoms with Gasteiger partial charge in [-0.05, 0) is 32.1 Å². The minimum atomic E-state index is -0.708. The maximum Gasteiger partial charge on any atom is 0.303 e. The molecule has 112 valence electrons. The molecule has 1 aliphatic rings. The van der Waals surface area contributed by atoms with Crippen LogP contribution in [0.15, 0.2) is 0 Å². The van der Waals surface area contributed by atoms with Crippen LogP contribution in [0.3, 0.4) is 0 Å². The summed E-state index contributed by atoms with van der Waals surface area (Å²) in [4.78, 5) is 13.2. The number of rotatable bonds is 8. The number of carbonyl (C=O) groups is 1. The Morgan fingerprint density at radius 3 is 2.79 bits per heavy atom. The summed E-state index contributed by atoms with van der Waals surface area (Å²) in [6, 6.07) is 0.903. The van der Waals surface area contributed by atoms with Crippen LogP contribution in [0.1, 0.15) is 39.5 Å². The van der Waals surface area contributed by atoms with E-state index in [4.69, 9.17) is 10.2 Å².